The number of carbonyl (C=O) groups is 3. The molecule has 0 amide bonds. The van der Waals surface area contributed by atoms with Gasteiger partial charge in [-0.05, 0) is 96.3 Å². The number of esters is 3. The molecule has 0 aromatic carbocycles. The highest BCUT2D eigenvalue weighted by Gasteiger charge is 2.19. The Hall–Kier alpha value is -3.41. The van der Waals surface area contributed by atoms with E-state index in [-0.39, 0.29) is 37.5 Å². The Balaban J connectivity index is 4.50. The van der Waals surface area contributed by atoms with E-state index in [1.807, 2.05) is 0 Å². The first kappa shape index (κ1) is 60.6. The Kier molecular flexibility index (Phi) is 49.4. The molecule has 0 saturated carbocycles. The first-order valence-electron chi connectivity index (χ1n) is 26.6. The number of allylic oxidation sites excluding steroid dienone is 14. The SMILES string of the molecule is CC\C=C/C=C\C=C/CCCCCCCCCC(=O)OC(COC(=O)CCC/C=C\C/C=C\C/C=C\CCCCCCCC)COC(=O)CCCCC/C=C\CCCCCCCCC. The molecule has 1 unspecified atom stereocenters. The Labute approximate surface area is 395 Å². The number of ether oxygens (including phenoxy) is 3. The molecule has 6 heteroatoms. The van der Waals surface area contributed by atoms with Crippen LogP contribution in [0, 0.1) is 0 Å². The van der Waals surface area contributed by atoms with E-state index in [1.165, 1.54) is 109 Å². The zero-order valence-corrected chi connectivity index (χ0v) is 41.8. The summed E-state index contributed by atoms with van der Waals surface area (Å²) in [4.78, 5) is 38.0. The molecule has 0 aliphatic heterocycles. The summed E-state index contributed by atoms with van der Waals surface area (Å²) in [5.74, 6) is -0.986. The maximum Gasteiger partial charge on any atom is 0.306 e. The Bertz CT molecular complexity index is 1250. The summed E-state index contributed by atoms with van der Waals surface area (Å²) < 4.78 is 16.7. The molecule has 0 saturated heterocycles. The fourth-order valence-electron chi connectivity index (χ4n) is 7.16. The molecule has 0 fully saturated rings. The van der Waals surface area contributed by atoms with Gasteiger partial charge in [0.25, 0.3) is 0 Å². The van der Waals surface area contributed by atoms with E-state index in [2.05, 4.69) is 106 Å². The van der Waals surface area contributed by atoms with Crippen LogP contribution in [0.25, 0.3) is 0 Å². The van der Waals surface area contributed by atoms with Crippen molar-refractivity contribution in [3.05, 3.63) is 85.1 Å². The van der Waals surface area contributed by atoms with Crippen molar-refractivity contribution in [2.75, 3.05) is 13.2 Å². The second-order valence-electron chi connectivity index (χ2n) is 17.5. The van der Waals surface area contributed by atoms with Gasteiger partial charge in [0.15, 0.2) is 6.10 Å². The highest BCUT2D eigenvalue weighted by Crippen LogP contribution is 2.14. The van der Waals surface area contributed by atoms with Crippen LogP contribution in [0.15, 0.2) is 85.1 Å². The first-order valence-corrected chi connectivity index (χ1v) is 26.6. The lowest BCUT2D eigenvalue weighted by Crippen LogP contribution is -2.30. The van der Waals surface area contributed by atoms with Gasteiger partial charge in [0.05, 0.1) is 0 Å². The Morgan fingerprint density at radius 2 is 0.688 bits per heavy atom. The van der Waals surface area contributed by atoms with Crippen molar-refractivity contribution in [1.29, 1.82) is 0 Å². The Morgan fingerprint density at radius 3 is 1.17 bits per heavy atom. The standard InChI is InChI=1S/C58H98O6/c1-4-7-10-13-16-19-22-25-28-29-31-33-36-39-42-45-48-51-57(60)63-54-55(53-62-56(59)50-47-44-41-38-35-32-27-24-21-18-15-12-9-6-3)64-58(61)52-49-46-43-40-37-34-30-26-23-20-17-14-11-8-5-2/h8,11,14,17,20,23,25,28,31-33,35,39,42,55H,4-7,9-10,12-13,15-16,18-19,21-22,24,26-27,29-30,34,36-38,40-41,43-54H2,1-3H3/b11-8-,17-14-,23-20-,28-25-,33-31-,35-32-,42-39-. The van der Waals surface area contributed by atoms with Crippen LogP contribution in [0.1, 0.15) is 245 Å². The molecule has 0 aromatic rings. The monoisotopic (exact) mass is 891 g/mol. The summed E-state index contributed by atoms with van der Waals surface area (Å²) in [7, 11) is 0. The molecule has 0 aliphatic carbocycles. The largest absolute Gasteiger partial charge is 0.462 e. The van der Waals surface area contributed by atoms with Crippen LogP contribution < -0.4 is 0 Å². The lowest BCUT2D eigenvalue weighted by molar-refractivity contribution is -0.167. The number of unbranched alkanes of at least 4 members (excludes halogenated alkanes) is 24. The molecular weight excluding hydrogens is 793 g/mol. The smallest absolute Gasteiger partial charge is 0.306 e. The fraction of sp³-hybridized carbons (Fsp3) is 0.707. The highest BCUT2D eigenvalue weighted by molar-refractivity contribution is 5.71. The summed E-state index contributed by atoms with van der Waals surface area (Å²) in [5.41, 5.74) is 0. The minimum Gasteiger partial charge on any atom is -0.462 e. The lowest BCUT2D eigenvalue weighted by Gasteiger charge is -2.18. The van der Waals surface area contributed by atoms with E-state index in [4.69, 9.17) is 14.2 Å². The predicted octanol–water partition coefficient (Wildman–Crippen LogP) is 17.6. The van der Waals surface area contributed by atoms with E-state index in [0.29, 0.717) is 19.3 Å². The van der Waals surface area contributed by atoms with Crippen LogP contribution in [0.4, 0.5) is 0 Å². The molecule has 0 aromatic heterocycles. The van der Waals surface area contributed by atoms with Gasteiger partial charge in [-0.15, -0.1) is 0 Å². The average Bonchev–Trinajstić information content (AvgIpc) is 3.29. The minimum atomic E-state index is -0.809. The zero-order valence-electron chi connectivity index (χ0n) is 41.8. The maximum absolute atomic E-state index is 12.8. The molecule has 0 heterocycles. The van der Waals surface area contributed by atoms with Crippen molar-refractivity contribution < 1.29 is 28.6 Å². The molecule has 366 valence electrons. The minimum absolute atomic E-state index is 0.105. The molecule has 0 spiro atoms. The van der Waals surface area contributed by atoms with Gasteiger partial charge in [-0.1, -0.05) is 215 Å². The third kappa shape index (κ3) is 49.6. The van der Waals surface area contributed by atoms with Crippen molar-refractivity contribution >= 4 is 17.9 Å². The van der Waals surface area contributed by atoms with Gasteiger partial charge < -0.3 is 14.2 Å². The summed E-state index contributed by atoms with van der Waals surface area (Å²) in [5, 5.41) is 0. The molecule has 0 radical (unpaired) electrons. The Morgan fingerprint density at radius 1 is 0.344 bits per heavy atom. The lowest BCUT2D eigenvalue weighted by atomic mass is 10.1. The van der Waals surface area contributed by atoms with Crippen LogP contribution in [0.3, 0.4) is 0 Å². The van der Waals surface area contributed by atoms with E-state index in [0.717, 1.165) is 89.9 Å². The predicted molar refractivity (Wildman–Crippen MR) is 274 cm³/mol. The van der Waals surface area contributed by atoms with E-state index in [9.17, 15) is 14.4 Å². The molecule has 0 rings (SSSR count). The second-order valence-corrected chi connectivity index (χ2v) is 17.5. The maximum atomic E-state index is 12.8. The van der Waals surface area contributed by atoms with Gasteiger partial charge in [0.1, 0.15) is 13.2 Å². The second kappa shape index (κ2) is 52.2. The van der Waals surface area contributed by atoms with Crippen molar-refractivity contribution in [3.8, 4) is 0 Å². The van der Waals surface area contributed by atoms with Crippen LogP contribution >= 0.6 is 0 Å². The summed E-state index contributed by atoms with van der Waals surface area (Å²) in [6.07, 6.45) is 67.1. The van der Waals surface area contributed by atoms with Gasteiger partial charge in [0.2, 0.25) is 0 Å². The first-order chi connectivity index (χ1) is 31.5. The summed E-state index contributed by atoms with van der Waals surface area (Å²) in [6.45, 7) is 6.43. The van der Waals surface area contributed by atoms with Crippen LogP contribution in [0.5, 0.6) is 0 Å². The van der Waals surface area contributed by atoms with Crippen molar-refractivity contribution in [1.82, 2.24) is 0 Å². The van der Waals surface area contributed by atoms with Gasteiger partial charge >= 0.3 is 17.9 Å². The molecule has 0 aliphatic rings. The van der Waals surface area contributed by atoms with E-state index < -0.39 is 6.10 Å². The van der Waals surface area contributed by atoms with Gasteiger partial charge in [0, 0.05) is 19.3 Å². The zero-order chi connectivity index (χ0) is 46.5. The topological polar surface area (TPSA) is 78.9 Å². The summed E-state index contributed by atoms with van der Waals surface area (Å²) in [6, 6.07) is 0. The number of carbonyl (C=O) groups excluding carboxylic acids is 3. The third-order valence-electron chi connectivity index (χ3n) is 11.2. The van der Waals surface area contributed by atoms with Crippen molar-refractivity contribution in [2.45, 2.75) is 252 Å². The summed E-state index contributed by atoms with van der Waals surface area (Å²) >= 11 is 0. The third-order valence-corrected chi connectivity index (χ3v) is 11.2. The molecule has 64 heavy (non-hydrogen) atoms. The number of hydrogen-bond acceptors (Lipinski definition) is 6. The molecule has 6 nitrogen and oxygen atoms in total. The van der Waals surface area contributed by atoms with Crippen LogP contribution in [-0.2, 0) is 28.6 Å². The van der Waals surface area contributed by atoms with Crippen LogP contribution in [0.2, 0.25) is 0 Å². The van der Waals surface area contributed by atoms with Crippen molar-refractivity contribution in [3.63, 3.8) is 0 Å². The normalized spacial score (nSPS) is 12.7. The molecule has 0 bridgehead atoms. The van der Waals surface area contributed by atoms with Crippen LogP contribution in [-0.4, -0.2) is 37.2 Å². The van der Waals surface area contributed by atoms with Gasteiger partial charge in [-0.2, -0.15) is 0 Å². The molecule has 1 atom stereocenters. The fourth-order valence-corrected chi connectivity index (χ4v) is 7.16. The van der Waals surface area contributed by atoms with Crippen molar-refractivity contribution in [2.24, 2.45) is 0 Å². The quantitative estimate of drug-likeness (QED) is 0.0199. The van der Waals surface area contributed by atoms with Gasteiger partial charge in [-0.3, -0.25) is 14.4 Å². The average molecular weight is 891 g/mol. The molecule has 0 N–H and O–H groups in total. The number of hydrogen-bond donors (Lipinski definition) is 0. The molecular formula is C58H98O6. The highest BCUT2D eigenvalue weighted by atomic mass is 16.6. The van der Waals surface area contributed by atoms with Gasteiger partial charge in [-0.25, -0.2) is 0 Å². The van der Waals surface area contributed by atoms with E-state index >= 15 is 0 Å². The number of rotatable bonds is 47. The van der Waals surface area contributed by atoms with E-state index in [1.54, 1.807) is 0 Å².